The smallest absolute Gasteiger partial charge is 0.248 e. The lowest BCUT2D eigenvalue weighted by Gasteiger charge is -2.00. The van der Waals surface area contributed by atoms with Crippen LogP contribution >= 0.6 is 11.6 Å². The molecule has 18 heavy (non-hydrogen) atoms. The Morgan fingerprint density at radius 3 is 2.94 bits per heavy atom. The molecule has 0 aliphatic carbocycles. The molecule has 0 radical (unpaired) electrons. The highest BCUT2D eigenvalue weighted by Gasteiger charge is 2.11. The van der Waals surface area contributed by atoms with Gasteiger partial charge in [0.2, 0.25) is 11.8 Å². The Balaban J connectivity index is 2.12. The predicted molar refractivity (Wildman–Crippen MR) is 69.5 cm³/mol. The van der Waals surface area contributed by atoms with Gasteiger partial charge in [0.25, 0.3) is 0 Å². The van der Waals surface area contributed by atoms with Crippen LogP contribution in [0.15, 0.2) is 40.9 Å². The van der Waals surface area contributed by atoms with E-state index in [-0.39, 0.29) is 0 Å². The van der Waals surface area contributed by atoms with Gasteiger partial charge < -0.3 is 4.42 Å². The first-order valence-corrected chi connectivity index (χ1v) is 6.14. The fourth-order valence-electron chi connectivity index (χ4n) is 1.83. The quantitative estimate of drug-likeness (QED) is 0.679. The van der Waals surface area contributed by atoms with Crippen LogP contribution in [0.5, 0.6) is 0 Å². The number of hydrogen-bond acceptors (Lipinski definition) is 4. The maximum atomic E-state index is 5.65. The molecule has 0 aliphatic heterocycles. The number of pyridine rings is 1. The number of alkyl halides is 1. The Kier molecular flexibility index (Phi) is 2.94. The zero-order valence-corrected chi connectivity index (χ0v) is 10.3. The molecule has 0 saturated heterocycles. The first kappa shape index (κ1) is 11.2. The van der Waals surface area contributed by atoms with E-state index in [2.05, 4.69) is 15.2 Å². The Morgan fingerprint density at radius 1 is 1.11 bits per heavy atom. The molecule has 0 saturated carbocycles. The molecular weight excluding hydrogens is 250 g/mol. The van der Waals surface area contributed by atoms with Crippen molar-refractivity contribution >= 4 is 22.5 Å². The predicted octanol–water partition coefficient (Wildman–Crippen LogP) is 3.07. The summed E-state index contributed by atoms with van der Waals surface area (Å²) in [7, 11) is 0. The van der Waals surface area contributed by atoms with Gasteiger partial charge in [0.15, 0.2) is 0 Å². The minimum atomic E-state index is 0.471. The molecule has 0 unspecified atom stereocenters. The first-order valence-electron chi connectivity index (χ1n) is 5.61. The number of aromatic nitrogens is 3. The van der Waals surface area contributed by atoms with Crippen molar-refractivity contribution in [2.45, 2.75) is 6.42 Å². The van der Waals surface area contributed by atoms with Crippen molar-refractivity contribution in [2.24, 2.45) is 0 Å². The van der Waals surface area contributed by atoms with Crippen LogP contribution in [-0.2, 0) is 6.42 Å². The fourth-order valence-corrected chi connectivity index (χ4v) is 2.00. The van der Waals surface area contributed by atoms with Crippen LogP contribution in [0.3, 0.4) is 0 Å². The lowest BCUT2D eigenvalue weighted by molar-refractivity contribution is 0.514. The van der Waals surface area contributed by atoms with Gasteiger partial charge in [-0.05, 0) is 18.2 Å². The second kappa shape index (κ2) is 4.74. The van der Waals surface area contributed by atoms with Crippen LogP contribution in [-0.4, -0.2) is 21.1 Å². The van der Waals surface area contributed by atoms with Gasteiger partial charge in [-0.3, -0.25) is 4.98 Å². The molecule has 0 atom stereocenters. The molecule has 0 fully saturated rings. The molecule has 3 rings (SSSR count). The molecular formula is C13H10ClN3O. The number of rotatable bonds is 3. The van der Waals surface area contributed by atoms with Gasteiger partial charge in [-0.2, -0.15) is 0 Å². The average Bonchev–Trinajstić information content (AvgIpc) is 2.87. The van der Waals surface area contributed by atoms with Gasteiger partial charge in [0.05, 0.1) is 5.52 Å². The highest BCUT2D eigenvalue weighted by atomic mass is 35.5. The zero-order chi connectivity index (χ0) is 12.4. The number of fused-ring (bicyclic) bond motifs is 1. The van der Waals surface area contributed by atoms with E-state index in [4.69, 9.17) is 16.0 Å². The van der Waals surface area contributed by atoms with E-state index in [1.807, 2.05) is 30.3 Å². The molecule has 0 aliphatic rings. The molecule has 2 aromatic heterocycles. The molecule has 2 heterocycles. The third-order valence-corrected chi connectivity index (χ3v) is 2.84. The normalized spacial score (nSPS) is 10.9. The Morgan fingerprint density at radius 2 is 2.06 bits per heavy atom. The van der Waals surface area contributed by atoms with Crippen molar-refractivity contribution in [1.82, 2.24) is 15.2 Å². The summed E-state index contributed by atoms with van der Waals surface area (Å²) in [6.07, 6.45) is 2.34. The van der Waals surface area contributed by atoms with E-state index >= 15 is 0 Å². The van der Waals surface area contributed by atoms with Gasteiger partial charge in [-0.25, -0.2) is 0 Å². The second-order valence-electron chi connectivity index (χ2n) is 3.82. The van der Waals surface area contributed by atoms with Crippen LogP contribution in [0.25, 0.3) is 22.4 Å². The topological polar surface area (TPSA) is 51.8 Å². The highest BCUT2D eigenvalue weighted by molar-refractivity contribution is 6.17. The molecule has 4 nitrogen and oxygen atoms in total. The number of hydrogen-bond donors (Lipinski definition) is 0. The summed E-state index contributed by atoms with van der Waals surface area (Å²) in [6.45, 7) is 0. The molecule has 0 bridgehead atoms. The molecule has 0 amide bonds. The Hall–Kier alpha value is -1.94. The van der Waals surface area contributed by atoms with Crippen molar-refractivity contribution in [3.05, 3.63) is 42.4 Å². The van der Waals surface area contributed by atoms with Crippen LogP contribution in [0.2, 0.25) is 0 Å². The van der Waals surface area contributed by atoms with Gasteiger partial charge in [0, 0.05) is 29.4 Å². The largest absolute Gasteiger partial charge is 0.421 e. The van der Waals surface area contributed by atoms with Crippen LogP contribution in [0, 0.1) is 0 Å². The minimum absolute atomic E-state index is 0.471. The highest BCUT2D eigenvalue weighted by Crippen LogP contribution is 2.26. The van der Waals surface area contributed by atoms with Crippen molar-refractivity contribution < 1.29 is 4.42 Å². The van der Waals surface area contributed by atoms with Crippen LogP contribution in [0.4, 0.5) is 0 Å². The van der Waals surface area contributed by atoms with Crippen molar-refractivity contribution in [3.8, 4) is 11.5 Å². The summed E-state index contributed by atoms with van der Waals surface area (Å²) in [6, 6.07) is 9.71. The van der Waals surface area contributed by atoms with Crippen LogP contribution in [0.1, 0.15) is 5.89 Å². The van der Waals surface area contributed by atoms with E-state index in [1.54, 1.807) is 6.20 Å². The summed E-state index contributed by atoms with van der Waals surface area (Å²) in [4.78, 5) is 4.30. The monoisotopic (exact) mass is 259 g/mol. The number of benzene rings is 1. The van der Waals surface area contributed by atoms with E-state index in [1.165, 1.54) is 0 Å². The van der Waals surface area contributed by atoms with Crippen molar-refractivity contribution in [3.63, 3.8) is 0 Å². The first-order chi connectivity index (χ1) is 8.88. The van der Waals surface area contributed by atoms with Crippen molar-refractivity contribution in [2.75, 3.05) is 5.88 Å². The Labute approximate surface area is 109 Å². The zero-order valence-electron chi connectivity index (χ0n) is 9.51. The summed E-state index contributed by atoms with van der Waals surface area (Å²) in [5, 5.41) is 9.02. The molecule has 3 aromatic rings. The molecule has 0 spiro atoms. The number of halogens is 1. The fraction of sp³-hybridized carbons (Fsp3) is 0.154. The van der Waals surface area contributed by atoms with Crippen molar-refractivity contribution in [1.29, 1.82) is 0 Å². The lowest BCUT2D eigenvalue weighted by Crippen LogP contribution is -1.84. The Bertz CT molecular complexity index is 675. The second-order valence-corrected chi connectivity index (χ2v) is 4.19. The van der Waals surface area contributed by atoms with Gasteiger partial charge in [0.1, 0.15) is 0 Å². The average molecular weight is 260 g/mol. The summed E-state index contributed by atoms with van der Waals surface area (Å²) in [5.41, 5.74) is 1.81. The minimum Gasteiger partial charge on any atom is -0.421 e. The van der Waals surface area contributed by atoms with E-state index < -0.39 is 0 Å². The molecule has 90 valence electrons. The standard InChI is InChI=1S/C13H10ClN3O/c14-7-6-12-16-17-13(18-12)10-3-1-5-11-9(10)4-2-8-15-11/h1-5,8H,6-7H2. The number of nitrogens with zero attached hydrogens (tertiary/aromatic N) is 3. The number of aryl methyl sites for hydroxylation is 1. The third-order valence-electron chi connectivity index (χ3n) is 2.65. The summed E-state index contributed by atoms with van der Waals surface area (Å²) in [5.74, 6) is 1.54. The van der Waals surface area contributed by atoms with Gasteiger partial charge in [-0.1, -0.05) is 12.1 Å². The van der Waals surface area contributed by atoms with E-state index in [0.717, 1.165) is 16.5 Å². The summed E-state index contributed by atoms with van der Waals surface area (Å²) < 4.78 is 5.58. The molecule has 0 N–H and O–H groups in total. The summed E-state index contributed by atoms with van der Waals surface area (Å²) >= 11 is 5.65. The van der Waals surface area contributed by atoms with E-state index in [0.29, 0.717) is 24.1 Å². The van der Waals surface area contributed by atoms with Crippen LogP contribution < -0.4 is 0 Å². The molecule has 5 heteroatoms. The molecule has 1 aromatic carbocycles. The van der Waals surface area contributed by atoms with Gasteiger partial charge >= 0.3 is 0 Å². The SMILES string of the molecule is ClCCc1nnc(-c2cccc3ncccc23)o1. The lowest BCUT2D eigenvalue weighted by atomic mass is 10.1. The van der Waals surface area contributed by atoms with E-state index in [9.17, 15) is 0 Å². The maximum absolute atomic E-state index is 5.65. The van der Waals surface area contributed by atoms with Gasteiger partial charge in [-0.15, -0.1) is 21.8 Å². The maximum Gasteiger partial charge on any atom is 0.248 e. The third kappa shape index (κ3) is 1.95.